The summed E-state index contributed by atoms with van der Waals surface area (Å²) in [6.45, 7) is 4.67. The van der Waals surface area contributed by atoms with Crippen LogP contribution in [0.4, 0.5) is 17.1 Å². The van der Waals surface area contributed by atoms with Gasteiger partial charge in [-0.2, -0.15) is 0 Å². The maximum Gasteiger partial charge on any atom is 0.0468 e. The predicted molar refractivity (Wildman–Crippen MR) is 182 cm³/mol. The third-order valence-electron chi connectivity index (χ3n) is 8.36. The molecule has 0 aromatic heterocycles. The maximum absolute atomic E-state index is 2.38. The van der Waals surface area contributed by atoms with Crippen LogP contribution in [0, 0.1) is 3.57 Å². The van der Waals surface area contributed by atoms with Crippen molar-refractivity contribution in [3.8, 4) is 33.4 Å². The minimum Gasteiger partial charge on any atom is -0.310 e. The second-order valence-corrected chi connectivity index (χ2v) is 12.4. The van der Waals surface area contributed by atoms with Crippen molar-refractivity contribution in [1.29, 1.82) is 0 Å². The SMILES string of the molecule is CC1(C)c2ccccc2-c2cc(N(c3ccc(-c4ccccc4)cc3)c3ccc(-c4ccc(I)cc4)cc3)ccc21. The van der Waals surface area contributed by atoms with Crippen LogP contribution in [0.25, 0.3) is 33.4 Å². The smallest absolute Gasteiger partial charge is 0.0468 e. The van der Waals surface area contributed by atoms with Gasteiger partial charge in [0.05, 0.1) is 0 Å². The lowest BCUT2D eigenvalue weighted by atomic mass is 9.82. The van der Waals surface area contributed by atoms with Gasteiger partial charge in [-0.25, -0.2) is 0 Å². The standard InChI is InChI=1S/C39H30IN/c1-39(2)37-11-7-6-10-35(37)36-26-34(24-25-38(36)39)41(32-20-14-29(15-21-32)27-8-4-3-5-9-27)33-22-16-30(17-23-33)28-12-18-31(40)19-13-28/h3-26H,1-2H3. The molecule has 0 saturated heterocycles. The summed E-state index contributed by atoms with van der Waals surface area (Å²) in [6, 6.07) is 53.0. The highest BCUT2D eigenvalue weighted by molar-refractivity contribution is 14.1. The van der Waals surface area contributed by atoms with Gasteiger partial charge in [-0.1, -0.05) is 111 Å². The molecule has 7 rings (SSSR count). The van der Waals surface area contributed by atoms with Crippen molar-refractivity contribution in [2.24, 2.45) is 0 Å². The first-order valence-corrected chi connectivity index (χ1v) is 15.1. The van der Waals surface area contributed by atoms with Gasteiger partial charge < -0.3 is 4.90 Å². The lowest BCUT2D eigenvalue weighted by Crippen LogP contribution is -2.15. The summed E-state index contributed by atoms with van der Waals surface area (Å²) in [7, 11) is 0. The zero-order valence-corrected chi connectivity index (χ0v) is 25.3. The van der Waals surface area contributed by atoms with Crippen LogP contribution in [0.15, 0.2) is 146 Å². The molecule has 1 aliphatic rings. The molecule has 0 amide bonds. The van der Waals surface area contributed by atoms with E-state index in [0.717, 1.165) is 17.1 Å². The van der Waals surface area contributed by atoms with Crippen LogP contribution in [0.2, 0.25) is 0 Å². The van der Waals surface area contributed by atoms with E-state index in [2.05, 4.69) is 187 Å². The van der Waals surface area contributed by atoms with Crippen molar-refractivity contribution in [1.82, 2.24) is 0 Å². The van der Waals surface area contributed by atoms with Crippen LogP contribution >= 0.6 is 22.6 Å². The Labute approximate surface area is 256 Å². The minimum absolute atomic E-state index is 0.0121. The van der Waals surface area contributed by atoms with Crippen molar-refractivity contribution >= 4 is 39.7 Å². The molecule has 0 heterocycles. The fraction of sp³-hybridized carbons (Fsp3) is 0.0769. The van der Waals surface area contributed by atoms with E-state index in [0.29, 0.717) is 0 Å². The number of hydrogen-bond donors (Lipinski definition) is 0. The zero-order chi connectivity index (χ0) is 28.0. The van der Waals surface area contributed by atoms with Gasteiger partial charge in [0.1, 0.15) is 0 Å². The highest BCUT2D eigenvalue weighted by Gasteiger charge is 2.35. The molecule has 1 nitrogen and oxygen atoms in total. The first kappa shape index (κ1) is 25.8. The molecule has 6 aromatic carbocycles. The van der Waals surface area contributed by atoms with Crippen LogP contribution in [-0.2, 0) is 5.41 Å². The van der Waals surface area contributed by atoms with Crippen LogP contribution in [0.3, 0.4) is 0 Å². The fourth-order valence-corrected chi connectivity index (χ4v) is 6.53. The summed E-state index contributed by atoms with van der Waals surface area (Å²) in [6.07, 6.45) is 0. The number of rotatable bonds is 5. The van der Waals surface area contributed by atoms with Gasteiger partial charge in [-0.15, -0.1) is 0 Å². The molecule has 0 bridgehead atoms. The average molecular weight is 640 g/mol. The molecule has 6 aromatic rings. The third kappa shape index (κ3) is 4.66. The molecule has 0 fully saturated rings. The molecular formula is C39H30IN. The van der Waals surface area contributed by atoms with Gasteiger partial charge in [-0.3, -0.25) is 0 Å². The molecule has 0 atom stereocenters. The zero-order valence-electron chi connectivity index (χ0n) is 23.2. The van der Waals surface area contributed by atoms with Crippen LogP contribution in [0.1, 0.15) is 25.0 Å². The highest BCUT2D eigenvalue weighted by atomic mass is 127. The lowest BCUT2D eigenvalue weighted by molar-refractivity contribution is 0.660. The summed E-state index contributed by atoms with van der Waals surface area (Å²) >= 11 is 2.36. The molecule has 0 aliphatic heterocycles. The van der Waals surface area contributed by atoms with Crippen molar-refractivity contribution in [2.75, 3.05) is 4.90 Å². The Morgan fingerprint density at radius 3 is 1.51 bits per heavy atom. The molecule has 2 heteroatoms. The highest BCUT2D eigenvalue weighted by Crippen LogP contribution is 2.50. The molecule has 0 N–H and O–H groups in total. The van der Waals surface area contributed by atoms with Crippen molar-refractivity contribution < 1.29 is 0 Å². The molecule has 0 saturated carbocycles. The number of halogens is 1. The van der Waals surface area contributed by atoms with Gasteiger partial charge in [0.25, 0.3) is 0 Å². The van der Waals surface area contributed by atoms with Gasteiger partial charge in [0, 0.05) is 26.0 Å². The second kappa shape index (κ2) is 10.4. The van der Waals surface area contributed by atoms with Crippen molar-refractivity contribution in [2.45, 2.75) is 19.3 Å². The number of nitrogens with zero attached hydrogens (tertiary/aromatic N) is 1. The number of hydrogen-bond acceptors (Lipinski definition) is 1. The largest absolute Gasteiger partial charge is 0.310 e. The quantitative estimate of drug-likeness (QED) is 0.170. The molecular weight excluding hydrogens is 609 g/mol. The Morgan fingerprint density at radius 2 is 0.902 bits per heavy atom. The summed E-state index contributed by atoms with van der Waals surface area (Å²) < 4.78 is 1.24. The van der Waals surface area contributed by atoms with Crippen molar-refractivity contribution in [3.63, 3.8) is 0 Å². The first-order valence-electron chi connectivity index (χ1n) is 14.0. The van der Waals surface area contributed by atoms with E-state index in [1.807, 2.05) is 0 Å². The molecule has 41 heavy (non-hydrogen) atoms. The molecule has 0 unspecified atom stereocenters. The molecule has 0 radical (unpaired) electrons. The van der Waals surface area contributed by atoms with Crippen LogP contribution in [0.5, 0.6) is 0 Å². The normalized spacial score (nSPS) is 13.0. The Hall–Kier alpha value is -4.15. The Morgan fingerprint density at radius 1 is 0.439 bits per heavy atom. The maximum atomic E-state index is 2.38. The molecule has 198 valence electrons. The van der Waals surface area contributed by atoms with E-state index in [-0.39, 0.29) is 5.41 Å². The summed E-state index contributed by atoms with van der Waals surface area (Å²) in [5, 5.41) is 0. The topological polar surface area (TPSA) is 3.24 Å². The number of benzene rings is 6. The van der Waals surface area contributed by atoms with E-state index in [1.54, 1.807) is 0 Å². The van der Waals surface area contributed by atoms with E-state index in [1.165, 1.54) is 48.1 Å². The first-order chi connectivity index (χ1) is 20.0. The van der Waals surface area contributed by atoms with Crippen LogP contribution < -0.4 is 4.90 Å². The predicted octanol–water partition coefficient (Wildman–Crippen LogP) is 11.4. The fourth-order valence-electron chi connectivity index (χ4n) is 6.17. The van der Waals surface area contributed by atoms with Gasteiger partial charge >= 0.3 is 0 Å². The summed E-state index contributed by atoms with van der Waals surface area (Å²) in [5.41, 5.74) is 13.7. The van der Waals surface area contributed by atoms with E-state index in [4.69, 9.17) is 0 Å². The van der Waals surface area contributed by atoms with Gasteiger partial charge in [-0.05, 0) is 116 Å². The summed E-state index contributed by atoms with van der Waals surface area (Å²) in [4.78, 5) is 2.38. The lowest BCUT2D eigenvalue weighted by Gasteiger charge is -2.27. The Balaban J connectivity index is 1.34. The number of anilines is 3. The van der Waals surface area contributed by atoms with Gasteiger partial charge in [0.2, 0.25) is 0 Å². The van der Waals surface area contributed by atoms with E-state index >= 15 is 0 Å². The Kier molecular flexibility index (Phi) is 6.51. The molecule has 0 spiro atoms. The van der Waals surface area contributed by atoms with E-state index in [9.17, 15) is 0 Å². The molecule has 1 aliphatic carbocycles. The van der Waals surface area contributed by atoms with E-state index < -0.39 is 0 Å². The minimum atomic E-state index is -0.0121. The monoisotopic (exact) mass is 639 g/mol. The average Bonchev–Trinajstić information content (AvgIpc) is 3.25. The van der Waals surface area contributed by atoms with Crippen molar-refractivity contribution in [3.05, 3.63) is 160 Å². The number of fused-ring (bicyclic) bond motifs is 3. The second-order valence-electron chi connectivity index (χ2n) is 11.2. The third-order valence-corrected chi connectivity index (χ3v) is 9.08. The van der Waals surface area contributed by atoms with Crippen LogP contribution in [-0.4, -0.2) is 0 Å². The van der Waals surface area contributed by atoms with Gasteiger partial charge in [0.15, 0.2) is 0 Å². The Bertz CT molecular complexity index is 1830. The summed E-state index contributed by atoms with van der Waals surface area (Å²) in [5.74, 6) is 0.